The summed E-state index contributed by atoms with van der Waals surface area (Å²) in [5.41, 5.74) is 2.06. The molecule has 0 saturated carbocycles. The van der Waals surface area contributed by atoms with Crippen molar-refractivity contribution in [2.24, 2.45) is 0 Å². The van der Waals surface area contributed by atoms with Crippen LogP contribution in [0.2, 0.25) is 0 Å². The van der Waals surface area contributed by atoms with Gasteiger partial charge in [0.05, 0.1) is 0 Å². The number of carbonyl (C=O) groups is 2. The van der Waals surface area contributed by atoms with Crippen LogP contribution < -0.4 is 9.47 Å². The van der Waals surface area contributed by atoms with Crippen LogP contribution in [0.3, 0.4) is 0 Å². The first-order chi connectivity index (χ1) is 14.4. The van der Waals surface area contributed by atoms with Gasteiger partial charge < -0.3 is 9.47 Å². The van der Waals surface area contributed by atoms with E-state index in [-0.39, 0.29) is 17.4 Å². The molecule has 0 saturated heterocycles. The molecule has 0 bridgehead atoms. The van der Waals surface area contributed by atoms with E-state index < -0.39 is 0 Å². The molecule has 0 unspecified atom stereocenters. The summed E-state index contributed by atoms with van der Waals surface area (Å²) in [6, 6.07) is 15.3. The van der Waals surface area contributed by atoms with E-state index in [1.165, 1.54) is 12.2 Å². The summed E-state index contributed by atoms with van der Waals surface area (Å²) in [6.07, 6.45) is 9.23. The van der Waals surface area contributed by atoms with Gasteiger partial charge in [-0.1, -0.05) is 63.1 Å². The van der Waals surface area contributed by atoms with Crippen molar-refractivity contribution in [3.05, 3.63) is 84.0 Å². The summed E-state index contributed by atoms with van der Waals surface area (Å²) in [4.78, 5) is 23.3. The highest BCUT2D eigenvalue weighted by atomic mass is 16.5. The van der Waals surface area contributed by atoms with E-state index in [4.69, 9.17) is 9.47 Å². The molecule has 2 rings (SSSR count). The van der Waals surface area contributed by atoms with Crippen molar-refractivity contribution in [3.8, 4) is 11.5 Å². The Bertz CT molecular complexity index is 820. The molecule has 0 heterocycles. The third kappa shape index (κ3) is 6.18. The van der Waals surface area contributed by atoms with Crippen LogP contribution in [0.25, 0.3) is 0 Å². The molecule has 4 nitrogen and oxygen atoms in total. The van der Waals surface area contributed by atoms with E-state index in [9.17, 15) is 9.59 Å². The zero-order chi connectivity index (χ0) is 22.0. The zero-order valence-corrected chi connectivity index (χ0v) is 18.2. The van der Waals surface area contributed by atoms with Gasteiger partial charge in [0.1, 0.15) is 11.5 Å². The quantitative estimate of drug-likeness (QED) is 0.285. The molecular formula is C26H30O4. The topological polar surface area (TPSA) is 52.6 Å². The molecule has 158 valence electrons. The highest BCUT2D eigenvalue weighted by molar-refractivity contribution is 5.84. The monoisotopic (exact) mass is 406 g/mol. The molecule has 2 aromatic rings. The fourth-order valence-electron chi connectivity index (χ4n) is 3.34. The molecule has 0 radical (unpaired) electrons. The number of benzene rings is 2. The fourth-order valence-corrected chi connectivity index (χ4v) is 3.34. The second-order valence-electron chi connectivity index (χ2n) is 7.33. The van der Waals surface area contributed by atoms with Crippen molar-refractivity contribution in [1.29, 1.82) is 0 Å². The minimum atomic E-state index is -0.387. The average molecular weight is 407 g/mol. The molecule has 0 aliphatic rings. The molecule has 30 heavy (non-hydrogen) atoms. The van der Waals surface area contributed by atoms with Crippen LogP contribution >= 0.6 is 0 Å². The average Bonchev–Trinajstić information content (AvgIpc) is 2.73. The number of esters is 2. The van der Waals surface area contributed by atoms with Crippen LogP contribution in [0.15, 0.2) is 72.8 Å². The second kappa shape index (κ2) is 11.1. The maximum Gasteiger partial charge on any atom is 0.335 e. The lowest BCUT2D eigenvalue weighted by Crippen LogP contribution is -2.23. The molecule has 4 heteroatoms. The molecule has 0 N–H and O–H groups in total. The minimum absolute atomic E-state index is 0.215. The molecule has 0 spiro atoms. The highest BCUT2D eigenvalue weighted by Gasteiger charge is 2.28. The molecule has 0 atom stereocenters. The first-order valence-corrected chi connectivity index (χ1v) is 10.3. The molecular weight excluding hydrogens is 376 g/mol. The van der Waals surface area contributed by atoms with Gasteiger partial charge in [-0.15, -0.1) is 0 Å². The van der Waals surface area contributed by atoms with Crippen LogP contribution in [-0.2, 0) is 15.0 Å². The lowest BCUT2D eigenvalue weighted by molar-refractivity contribution is -0.129. The van der Waals surface area contributed by atoms with Gasteiger partial charge in [-0.25, -0.2) is 9.59 Å². The normalized spacial score (nSPS) is 13.3. The van der Waals surface area contributed by atoms with Gasteiger partial charge in [-0.05, 0) is 55.7 Å². The molecule has 2 aromatic carbocycles. The molecule has 0 amide bonds. The minimum Gasteiger partial charge on any atom is -0.423 e. The number of allylic oxidation sites excluding steroid dienone is 2. The van der Waals surface area contributed by atoms with Gasteiger partial charge in [0, 0.05) is 17.6 Å². The maximum atomic E-state index is 11.7. The number of carbonyl (C=O) groups excluding carboxylic acids is 2. The van der Waals surface area contributed by atoms with Gasteiger partial charge in [-0.3, -0.25) is 0 Å². The lowest BCUT2D eigenvalue weighted by Gasteiger charge is -2.31. The Morgan fingerprint density at radius 1 is 0.800 bits per heavy atom. The predicted octanol–water partition coefficient (Wildman–Crippen LogP) is 6.15. The van der Waals surface area contributed by atoms with Crippen molar-refractivity contribution in [2.75, 3.05) is 0 Å². The maximum absolute atomic E-state index is 11.7. The number of hydrogen-bond donors (Lipinski definition) is 0. The summed E-state index contributed by atoms with van der Waals surface area (Å²) in [6.45, 7) is 7.94. The standard InChI is InChI=1S/C26H30O4/c1-5-8-19-26(4,20-11-15-22(16-12-20)29-24(27)9-6-2)21-13-17-23(18-14-21)30-25(28)10-7-3/h6-7,9-18H,5,8,19H2,1-4H3. The Balaban J connectivity index is 2.28. The summed E-state index contributed by atoms with van der Waals surface area (Å²) in [5, 5.41) is 0. The van der Waals surface area contributed by atoms with E-state index in [2.05, 4.69) is 13.8 Å². The Morgan fingerprint density at radius 3 is 1.53 bits per heavy atom. The van der Waals surface area contributed by atoms with E-state index in [1.807, 2.05) is 48.5 Å². The van der Waals surface area contributed by atoms with Crippen LogP contribution in [0, 0.1) is 0 Å². The number of ether oxygens (including phenoxy) is 2. The lowest BCUT2D eigenvalue weighted by atomic mass is 9.73. The van der Waals surface area contributed by atoms with Gasteiger partial charge in [-0.2, -0.15) is 0 Å². The van der Waals surface area contributed by atoms with Crippen molar-refractivity contribution in [1.82, 2.24) is 0 Å². The van der Waals surface area contributed by atoms with Crippen molar-refractivity contribution in [2.45, 2.75) is 52.4 Å². The first-order valence-electron chi connectivity index (χ1n) is 10.3. The predicted molar refractivity (Wildman–Crippen MR) is 120 cm³/mol. The zero-order valence-electron chi connectivity index (χ0n) is 18.2. The molecule has 0 aromatic heterocycles. The van der Waals surface area contributed by atoms with Crippen LogP contribution in [-0.4, -0.2) is 11.9 Å². The Labute approximate surface area is 179 Å². The van der Waals surface area contributed by atoms with Gasteiger partial charge in [0.25, 0.3) is 0 Å². The molecule has 0 aliphatic heterocycles. The van der Waals surface area contributed by atoms with Crippen molar-refractivity contribution in [3.63, 3.8) is 0 Å². The van der Waals surface area contributed by atoms with Crippen LogP contribution in [0.4, 0.5) is 0 Å². The van der Waals surface area contributed by atoms with E-state index in [1.54, 1.807) is 26.0 Å². The highest BCUT2D eigenvalue weighted by Crippen LogP contribution is 2.38. The van der Waals surface area contributed by atoms with Gasteiger partial charge in [0.15, 0.2) is 0 Å². The Hall–Kier alpha value is -3.14. The van der Waals surface area contributed by atoms with Crippen LogP contribution in [0.5, 0.6) is 11.5 Å². The first kappa shape index (κ1) is 23.1. The van der Waals surface area contributed by atoms with Gasteiger partial charge >= 0.3 is 11.9 Å². The van der Waals surface area contributed by atoms with E-state index in [0.29, 0.717) is 11.5 Å². The summed E-state index contributed by atoms with van der Waals surface area (Å²) in [7, 11) is 0. The van der Waals surface area contributed by atoms with E-state index >= 15 is 0 Å². The number of unbranched alkanes of at least 4 members (excludes halogenated alkanes) is 1. The van der Waals surface area contributed by atoms with E-state index in [0.717, 1.165) is 30.4 Å². The molecule has 0 aliphatic carbocycles. The summed E-state index contributed by atoms with van der Waals surface area (Å²) < 4.78 is 10.6. The Morgan fingerprint density at radius 2 is 1.20 bits per heavy atom. The summed E-state index contributed by atoms with van der Waals surface area (Å²) in [5.74, 6) is 0.265. The summed E-state index contributed by atoms with van der Waals surface area (Å²) >= 11 is 0. The smallest absolute Gasteiger partial charge is 0.335 e. The second-order valence-corrected chi connectivity index (χ2v) is 7.33. The Kier molecular flexibility index (Phi) is 8.60. The largest absolute Gasteiger partial charge is 0.423 e. The third-order valence-electron chi connectivity index (χ3n) is 5.06. The van der Waals surface area contributed by atoms with Crippen molar-refractivity contribution >= 4 is 11.9 Å². The van der Waals surface area contributed by atoms with Crippen molar-refractivity contribution < 1.29 is 19.1 Å². The number of hydrogen-bond acceptors (Lipinski definition) is 4. The van der Waals surface area contributed by atoms with Gasteiger partial charge in [0.2, 0.25) is 0 Å². The SMILES string of the molecule is CC=CC(=O)Oc1ccc(C(C)(CCCC)c2ccc(OC(=O)C=CC)cc2)cc1. The fraction of sp³-hybridized carbons (Fsp3) is 0.308. The molecule has 0 fully saturated rings. The number of rotatable bonds is 9. The third-order valence-corrected chi connectivity index (χ3v) is 5.06. The van der Waals surface area contributed by atoms with Crippen LogP contribution in [0.1, 0.15) is 58.1 Å².